The van der Waals surface area contributed by atoms with Crippen molar-refractivity contribution in [3.63, 3.8) is 0 Å². The lowest BCUT2D eigenvalue weighted by Crippen LogP contribution is -2.31. The van der Waals surface area contributed by atoms with E-state index in [9.17, 15) is 14.0 Å². The highest BCUT2D eigenvalue weighted by Crippen LogP contribution is 2.31. The number of aryl methyl sites for hydroxylation is 2. The zero-order valence-corrected chi connectivity index (χ0v) is 29.7. The van der Waals surface area contributed by atoms with Crippen LogP contribution in [0.4, 0.5) is 10.2 Å². The maximum Gasteiger partial charge on any atom is 0.253 e. The van der Waals surface area contributed by atoms with Crippen molar-refractivity contribution in [2.75, 3.05) is 18.4 Å². The summed E-state index contributed by atoms with van der Waals surface area (Å²) in [4.78, 5) is 48.3. The van der Waals surface area contributed by atoms with Gasteiger partial charge in [0.2, 0.25) is 5.95 Å². The van der Waals surface area contributed by atoms with E-state index in [0.717, 1.165) is 74.9 Å². The highest BCUT2D eigenvalue weighted by atomic mass is 19.1. The van der Waals surface area contributed by atoms with Crippen LogP contribution in [0.1, 0.15) is 71.2 Å². The molecule has 8 rings (SSSR count). The molecule has 6 aromatic rings. The minimum atomic E-state index is -0.575. The van der Waals surface area contributed by atoms with Crippen LogP contribution >= 0.6 is 0 Å². The summed E-state index contributed by atoms with van der Waals surface area (Å²) in [6, 6.07) is 15.8. The number of rotatable bonds is 4. The molecule has 0 saturated carbocycles. The first kappa shape index (κ1) is 35.1. The molecule has 0 bridgehead atoms. The van der Waals surface area contributed by atoms with Crippen LogP contribution in [-0.2, 0) is 12.8 Å². The van der Waals surface area contributed by atoms with Gasteiger partial charge in [-0.2, -0.15) is 4.39 Å². The van der Waals surface area contributed by atoms with Gasteiger partial charge in [-0.1, -0.05) is 38.1 Å². The van der Waals surface area contributed by atoms with Gasteiger partial charge in [0.1, 0.15) is 16.9 Å². The van der Waals surface area contributed by atoms with Gasteiger partial charge >= 0.3 is 0 Å². The van der Waals surface area contributed by atoms with Crippen LogP contribution in [0.2, 0.25) is 0 Å². The van der Waals surface area contributed by atoms with E-state index in [4.69, 9.17) is 15.7 Å². The minimum absolute atomic E-state index is 0.0203. The molecule has 0 saturated heterocycles. The molecule has 264 valence electrons. The molecule has 2 aromatic carbocycles. The summed E-state index contributed by atoms with van der Waals surface area (Å²) in [5.41, 5.74) is 15.7. The maximum absolute atomic E-state index is 13.8. The number of H-pyrrole nitrogens is 2. The smallest absolute Gasteiger partial charge is 0.253 e. The van der Waals surface area contributed by atoms with Gasteiger partial charge in [-0.3, -0.25) is 9.59 Å². The normalized spacial score (nSPS) is 13.5. The number of aromatic amines is 2. The third-order valence-corrected chi connectivity index (χ3v) is 8.30. The molecule has 0 unspecified atom stereocenters. The van der Waals surface area contributed by atoms with Crippen molar-refractivity contribution < 1.29 is 14.0 Å². The summed E-state index contributed by atoms with van der Waals surface area (Å²) in [6.07, 6.45) is 1.57. The van der Waals surface area contributed by atoms with Gasteiger partial charge in [-0.25, -0.2) is 19.9 Å². The Bertz CT molecular complexity index is 2250. The van der Waals surface area contributed by atoms with Crippen LogP contribution in [0.25, 0.3) is 44.6 Å². The number of anilines is 1. The first-order valence-electron chi connectivity index (χ1n) is 17.1. The number of hydrogen-bond acceptors (Lipinski definition) is 8. The summed E-state index contributed by atoms with van der Waals surface area (Å²) in [5, 5.41) is 9.04. The fraction of sp³-hybridized carbons (Fsp3) is 0.316. The molecule has 0 radical (unpaired) electrons. The molecular weight excluding hydrogens is 647 g/mol. The number of halogens is 1. The summed E-state index contributed by atoms with van der Waals surface area (Å²) < 4.78 is 13.8. The number of para-hydroxylation sites is 2. The molecule has 7 N–H and O–H groups in total. The van der Waals surface area contributed by atoms with Gasteiger partial charge in [-0.05, 0) is 58.0 Å². The highest BCUT2D eigenvalue weighted by Gasteiger charge is 2.23. The number of carbonyl (C=O) groups excluding carboxylic acids is 2. The monoisotopic (exact) mass is 690 g/mol. The Labute approximate surface area is 295 Å². The lowest BCUT2D eigenvalue weighted by atomic mass is 10.1. The largest absolute Gasteiger partial charge is 0.366 e. The molecule has 6 heterocycles. The Hall–Kier alpha value is -5.69. The molecule has 12 nitrogen and oxygen atoms in total. The lowest BCUT2D eigenvalue weighted by molar-refractivity contribution is 0.0937. The van der Waals surface area contributed by atoms with E-state index in [-0.39, 0.29) is 23.6 Å². The van der Waals surface area contributed by atoms with Crippen LogP contribution in [0.3, 0.4) is 0 Å². The Morgan fingerprint density at radius 3 is 1.65 bits per heavy atom. The van der Waals surface area contributed by atoms with E-state index in [1.807, 2.05) is 57.2 Å². The van der Waals surface area contributed by atoms with E-state index in [2.05, 4.69) is 49.7 Å². The number of hydrogen-bond donors (Lipinski definition) is 6. The first-order valence-corrected chi connectivity index (χ1v) is 17.1. The number of amides is 2. The fourth-order valence-electron chi connectivity index (χ4n) is 6.03. The highest BCUT2D eigenvalue weighted by molar-refractivity contribution is 6.00. The van der Waals surface area contributed by atoms with Crippen LogP contribution < -0.4 is 21.7 Å². The maximum atomic E-state index is 13.8. The minimum Gasteiger partial charge on any atom is -0.366 e. The van der Waals surface area contributed by atoms with Gasteiger partial charge in [0.15, 0.2) is 0 Å². The third-order valence-electron chi connectivity index (χ3n) is 8.30. The van der Waals surface area contributed by atoms with E-state index in [1.165, 1.54) is 0 Å². The second kappa shape index (κ2) is 14.7. The molecule has 2 aliphatic rings. The van der Waals surface area contributed by atoms with Crippen molar-refractivity contribution in [1.82, 2.24) is 40.5 Å². The Morgan fingerprint density at radius 2 is 1.18 bits per heavy atom. The van der Waals surface area contributed by atoms with Crippen molar-refractivity contribution in [3.8, 4) is 22.5 Å². The molecule has 51 heavy (non-hydrogen) atoms. The summed E-state index contributed by atoms with van der Waals surface area (Å²) >= 11 is 0. The van der Waals surface area contributed by atoms with Crippen LogP contribution in [0.15, 0.2) is 48.5 Å². The van der Waals surface area contributed by atoms with Crippen molar-refractivity contribution in [3.05, 3.63) is 88.4 Å². The zero-order chi connectivity index (χ0) is 36.4. The number of nitrogens with two attached hydrogens (primary N) is 1. The topological polar surface area (TPSA) is 179 Å². The van der Waals surface area contributed by atoms with Crippen molar-refractivity contribution in [2.45, 2.75) is 66.5 Å². The third kappa shape index (κ3) is 7.58. The molecular formula is C38H43FN10O2. The molecule has 0 spiro atoms. The quantitative estimate of drug-likeness (QED) is 0.135. The Kier molecular flexibility index (Phi) is 10.1. The second-order valence-electron chi connectivity index (χ2n) is 13.3. The van der Waals surface area contributed by atoms with E-state index in [0.29, 0.717) is 35.7 Å². The molecule has 0 fully saturated rings. The SMILES string of the molecule is CC(C)N.Cc1nc2cccc(-c3cc4c([nH]3)CCNC4=O)c2nc1F.Cc1nc2cccc(-c3cc4c([nH]3)CCNC4=O)c2nc1NC(C)C. The molecule has 2 aliphatic heterocycles. The average molecular weight is 691 g/mol. The summed E-state index contributed by atoms with van der Waals surface area (Å²) in [7, 11) is 0. The standard InChI is InChI=1S/C19H21N5O.C16H13FN4O.C3H9N/c1-10(2)21-18-11(3)22-15-6-4-5-12(17(15)24-18)16-9-13-14(23-16)7-8-20-19(13)25;1-8-15(17)21-14-9(3-2-4-12(14)19-8)13-7-10-11(20-13)5-6-18-16(10)22;1-3(2)4/h4-6,9-10,23H,7-8H2,1-3H3,(H,20,25)(H,21,24);2-4,7,20H,5-6H2,1H3,(H,18,22);3H,4H2,1-2H3. The molecule has 13 heteroatoms. The predicted octanol–water partition coefficient (Wildman–Crippen LogP) is 5.75. The number of carbonyl (C=O) groups is 2. The van der Waals surface area contributed by atoms with E-state index in [1.54, 1.807) is 19.1 Å². The van der Waals surface area contributed by atoms with Crippen molar-refractivity contribution in [1.29, 1.82) is 0 Å². The van der Waals surface area contributed by atoms with Crippen molar-refractivity contribution >= 4 is 39.7 Å². The number of benzene rings is 2. The van der Waals surface area contributed by atoms with Gasteiger partial charge in [0.25, 0.3) is 11.8 Å². The Balaban J connectivity index is 0.000000160. The van der Waals surface area contributed by atoms with Gasteiger partial charge in [-0.15, -0.1) is 0 Å². The number of fused-ring (bicyclic) bond motifs is 4. The molecule has 0 aliphatic carbocycles. The molecule has 2 amide bonds. The molecule has 0 atom stereocenters. The summed E-state index contributed by atoms with van der Waals surface area (Å²) in [6.45, 7) is 12.9. The van der Waals surface area contributed by atoms with E-state index < -0.39 is 5.95 Å². The number of nitrogens with zero attached hydrogens (tertiary/aromatic N) is 4. The van der Waals surface area contributed by atoms with Gasteiger partial charge in [0, 0.05) is 65.9 Å². The molecule has 4 aromatic heterocycles. The van der Waals surface area contributed by atoms with Crippen molar-refractivity contribution in [2.24, 2.45) is 5.73 Å². The lowest BCUT2D eigenvalue weighted by Gasteiger charge is -2.13. The predicted molar refractivity (Wildman–Crippen MR) is 198 cm³/mol. The van der Waals surface area contributed by atoms with Crippen LogP contribution in [0.5, 0.6) is 0 Å². The first-order chi connectivity index (χ1) is 24.4. The van der Waals surface area contributed by atoms with Gasteiger partial charge in [0.05, 0.1) is 33.5 Å². The Morgan fingerprint density at radius 1 is 0.706 bits per heavy atom. The number of nitrogens with one attached hydrogen (secondary N) is 5. The van der Waals surface area contributed by atoms with Crippen LogP contribution in [-0.4, -0.2) is 66.9 Å². The second-order valence-corrected chi connectivity index (χ2v) is 13.3. The summed E-state index contributed by atoms with van der Waals surface area (Å²) in [5.74, 6) is 0.114. The average Bonchev–Trinajstić information content (AvgIpc) is 3.72. The van der Waals surface area contributed by atoms with Gasteiger partial charge < -0.3 is 31.7 Å². The number of aromatic nitrogens is 6. The van der Waals surface area contributed by atoms with Crippen LogP contribution in [0, 0.1) is 19.8 Å². The van der Waals surface area contributed by atoms with E-state index >= 15 is 0 Å². The fourth-order valence-corrected chi connectivity index (χ4v) is 6.03. The zero-order valence-electron chi connectivity index (χ0n) is 29.7.